The smallest absolute Gasteiger partial charge is 0.271 e. The van der Waals surface area contributed by atoms with Gasteiger partial charge in [-0.05, 0) is 48.6 Å². The molecule has 1 amide bonds. The van der Waals surface area contributed by atoms with Gasteiger partial charge in [0.25, 0.3) is 11.6 Å². The van der Waals surface area contributed by atoms with Crippen LogP contribution in [-0.2, 0) is 15.6 Å². The van der Waals surface area contributed by atoms with Crippen molar-refractivity contribution in [3.63, 3.8) is 0 Å². The lowest BCUT2D eigenvalue weighted by Crippen LogP contribution is -2.55. The zero-order chi connectivity index (χ0) is 26.0. The SMILES string of the molecule is CC12CCC(C(=O)NN(c3ccccc3)c3ccccc3)(c3nc4cc([N+](=O)[O-])ccc4nc31)C2(C)C. The topological polar surface area (TPSA) is 101 Å². The van der Waals surface area contributed by atoms with Gasteiger partial charge in [0.1, 0.15) is 5.41 Å². The highest BCUT2D eigenvalue weighted by molar-refractivity contribution is 5.94. The van der Waals surface area contributed by atoms with Crippen LogP contribution >= 0.6 is 0 Å². The molecule has 1 saturated carbocycles. The molecule has 2 bridgehead atoms. The van der Waals surface area contributed by atoms with E-state index in [-0.39, 0.29) is 17.0 Å². The summed E-state index contributed by atoms with van der Waals surface area (Å²) in [5.41, 5.74) is 5.47. The molecule has 0 spiro atoms. The molecule has 4 aromatic rings. The van der Waals surface area contributed by atoms with Crippen molar-refractivity contribution in [2.24, 2.45) is 5.41 Å². The first-order valence-corrected chi connectivity index (χ1v) is 12.4. The summed E-state index contributed by atoms with van der Waals surface area (Å²) in [6.45, 7) is 6.39. The van der Waals surface area contributed by atoms with E-state index in [0.29, 0.717) is 23.1 Å². The Morgan fingerprint density at radius 1 is 0.865 bits per heavy atom. The summed E-state index contributed by atoms with van der Waals surface area (Å²) >= 11 is 0. The standard InChI is InChI=1S/C29H27N5O3/c1-27(2)28(3)16-17-29(27,25-24(28)30-22-15-14-21(34(36)37)18-23(22)31-25)26(35)32-33(19-10-6-4-7-11-19)20-12-8-5-9-13-20/h4-15,18H,16-17H2,1-3H3,(H,32,35). The summed E-state index contributed by atoms with van der Waals surface area (Å²) in [6.07, 6.45) is 1.41. The lowest BCUT2D eigenvalue weighted by Gasteiger charge is -2.40. The van der Waals surface area contributed by atoms with Gasteiger partial charge in [-0.3, -0.25) is 25.3 Å². The summed E-state index contributed by atoms with van der Waals surface area (Å²) in [4.78, 5) is 35.3. The van der Waals surface area contributed by atoms with Gasteiger partial charge in [0.2, 0.25) is 0 Å². The second-order valence-electron chi connectivity index (χ2n) is 10.7. The van der Waals surface area contributed by atoms with Gasteiger partial charge in [-0.2, -0.15) is 0 Å². The van der Waals surface area contributed by atoms with Gasteiger partial charge in [0, 0.05) is 17.5 Å². The summed E-state index contributed by atoms with van der Waals surface area (Å²) in [7, 11) is 0. The van der Waals surface area contributed by atoms with Gasteiger partial charge >= 0.3 is 0 Å². The molecule has 6 rings (SSSR count). The average Bonchev–Trinajstić information content (AvgIpc) is 3.21. The van der Waals surface area contributed by atoms with Gasteiger partial charge in [0.05, 0.1) is 38.7 Å². The van der Waals surface area contributed by atoms with Crippen LogP contribution in [0.5, 0.6) is 0 Å². The van der Waals surface area contributed by atoms with E-state index in [2.05, 4.69) is 26.2 Å². The number of para-hydroxylation sites is 2. The number of nitro benzene ring substituents is 1. The Morgan fingerprint density at radius 3 is 2.05 bits per heavy atom. The fourth-order valence-corrected chi connectivity index (χ4v) is 6.34. The molecule has 1 aromatic heterocycles. The number of nitro groups is 1. The second-order valence-corrected chi connectivity index (χ2v) is 10.7. The molecule has 8 nitrogen and oxygen atoms in total. The number of fused-ring (bicyclic) bond motifs is 6. The molecule has 1 N–H and O–H groups in total. The molecular weight excluding hydrogens is 466 g/mol. The molecule has 2 atom stereocenters. The Kier molecular flexibility index (Phi) is 4.89. The monoisotopic (exact) mass is 493 g/mol. The van der Waals surface area contributed by atoms with Gasteiger partial charge in [0.15, 0.2) is 0 Å². The van der Waals surface area contributed by atoms with Gasteiger partial charge < -0.3 is 0 Å². The van der Waals surface area contributed by atoms with Crippen molar-refractivity contribution >= 4 is 34.0 Å². The molecule has 2 aliphatic carbocycles. The van der Waals surface area contributed by atoms with Crippen molar-refractivity contribution in [2.75, 3.05) is 5.01 Å². The minimum Gasteiger partial charge on any atom is -0.272 e. The summed E-state index contributed by atoms with van der Waals surface area (Å²) in [5.74, 6) is -0.160. The number of nitrogens with zero attached hydrogens (tertiary/aromatic N) is 4. The van der Waals surface area contributed by atoms with Crippen molar-refractivity contribution in [1.29, 1.82) is 0 Å². The first-order valence-electron chi connectivity index (χ1n) is 12.4. The molecule has 8 heteroatoms. The maximum Gasteiger partial charge on any atom is 0.271 e. The number of carbonyl (C=O) groups excluding carboxylic acids is 1. The molecule has 186 valence electrons. The molecule has 0 aliphatic heterocycles. The van der Waals surface area contributed by atoms with E-state index in [1.54, 1.807) is 11.1 Å². The molecule has 37 heavy (non-hydrogen) atoms. The van der Waals surface area contributed by atoms with Crippen LogP contribution in [0.4, 0.5) is 17.1 Å². The van der Waals surface area contributed by atoms with E-state index in [9.17, 15) is 14.9 Å². The third kappa shape index (κ3) is 3.05. The third-order valence-corrected chi connectivity index (χ3v) is 8.86. The maximum atomic E-state index is 14.5. The Balaban J connectivity index is 1.51. The van der Waals surface area contributed by atoms with Crippen LogP contribution in [0.25, 0.3) is 11.0 Å². The Morgan fingerprint density at radius 2 is 1.46 bits per heavy atom. The van der Waals surface area contributed by atoms with Gasteiger partial charge in [-0.1, -0.05) is 57.2 Å². The number of benzene rings is 3. The number of amides is 1. The van der Waals surface area contributed by atoms with Crippen LogP contribution in [0.3, 0.4) is 0 Å². The Labute approximate surface area is 214 Å². The molecule has 1 fully saturated rings. The highest BCUT2D eigenvalue weighted by atomic mass is 16.6. The summed E-state index contributed by atoms with van der Waals surface area (Å²) < 4.78 is 0. The lowest BCUT2D eigenvalue weighted by molar-refractivity contribution is -0.384. The molecule has 3 aromatic carbocycles. The van der Waals surface area contributed by atoms with E-state index in [1.807, 2.05) is 60.7 Å². The van der Waals surface area contributed by atoms with Crippen LogP contribution in [0.15, 0.2) is 78.9 Å². The van der Waals surface area contributed by atoms with Crippen molar-refractivity contribution in [3.05, 3.63) is 100 Å². The third-order valence-electron chi connectivity index (χ3n) is 8.86. The number of hydrogen-bond donors (Lipinski definition) is 1. The van der Waals surface area contributed by atoms with E-state index >= 15 is 0 Å². The van der Waals surface area contributed by atoms with E-state index in [1.165, 1.54) is 12.1 Å². The van der Waals surface area contributed by atoms with Crippen LogP contribution in [0, 0.1) is 15.5 Å². The van der Waals surface area contributed by atoms with Crippen LogP contribution in [0.1, 0.15) is 45.0 Å². The first kappa shape index (κ1) is 23.1. The Bertz CT molecular complexity index is 1520. The number of carbonyl (C=O) groups is 1. The van der Waals surface area contributed by atoms with Gasteiger partial charge in [-0.25, -0.2) is 9.97 Å². The zero-order valence-corrected chi connectivity index (χ0v) is 20.9. The van der Waals surface area contributed by atoms with Crippen molar-refractivity contribution < 1.29 is 9.72 Å². The fraction of sp³-hybridized carbons (Fsp3) is 0.276. The van der Waals surface area contributed by atoms with Crippen LogP contribution < -0.4 is 10.4 Å². The molecule has 0 saturated heterocycles. The highest BCUT2D eigenvalue weighted by Gasteiger charge is 2.73. The normalized spacial score (nSPS) is 23.0. The number of aromatic nitrogens is 2. The lowest BCUT2D eigenvalue weighted by atomic mass is 9.63. The number of nitrogens with one attached hydrogen (secondary N) is 1. The highest BCUT2D eigenvalue weighted by Crippen LogP contribution is 2.70. The number of hydrazine groups is 1. The quantitative estimate of drug-likeness (QED) is 0.281. The molecule has 2 aliphatic rings. The number of non-ortho nitro benzene ring substituents is 1. The van der Waals surface area contributed by atoms with Crippen molar-refractivity contribution in [2.45, 2.75) is 44.4 Å². The van der Waals surface area contributed by atoms with Gasteiger partial charge in [-0.15, -0.1) is 0 Å². The maximum absolute atomic E-state index is 14.5. The first-order chi connectivity index (χ1) is 17.7. The second kappa shape index (κ2) is 7.83. The average molecular weight is 494 g/mol. The van der Waals surface area contributed by atoms with E-state index < -0.39 is 15.8 Å². The number of rotatable bonds is 5. The van der Waals surface area contributed by atoms with Crippen molar-refractivity contribution in [3.8, 4) is 0 Å². The Hall–Kier alpha value is -4.33. The van der Waals surface area contributed by atoms with Crippen LogP contribution in [0.2, 0.25) is 0 Å². The zero-order valence-electron chi connectivity index (χ0n) is 20.9. The predicted molar refractivity (Wildman–Crippen MR) is 141 cm³/mol. The molecule has 2 unspecified atom stereocenters. The minimum atomic E-state index is -0.954. The van der Waals surface area contributed by atoms with Crippen LogP contribution in [-0.4, -0.2) is 20.8 Å². The summed E-state index contributed by atoms with van der Waals surface area (Å²) in [6, 6.07) is 23.9. The summed E-state index contributed by atoms with van der Waals surface area (Å²) in [5, 5.41) is 13.2. The number of anilines is 2. The molecular formula is C29H27N5O3. The molecule has 0 radical (unpaired) electrons. The predicted octanol–water partition coefficient (Wildman–Crippen LogP) is 5.74. The minimum absolute atomic E-state index is 0.0480. The fourth-order valence-electron chi connectivity index (χ4n) is 6.34. The van der Waals surface area contributed by atoms with E-state index in [4.69, 9.17) is 9.97 Å². The number of hydrogen-bond acceptors (Lipinski definition) is 6. The van der Waals surface area contributed by atoms with E-state index in [0.717, 1.165) is 23.5 Å². The largest absolute Gasteiger partial charge is 0.272 e. The van der Waals surface area contributed by atoms with Crippen molar-refractivity contribution in [1.82, 2.24) is 15.4 Å². The molecule has 1 heterocycles.